The van der Waals surface area contributed by atoms with Crippen LogP contribution in [0.3, 0.4) is 0 Å². The number of nitrogens with zero attached hydrogens (tertiary/aromatic N) is 2. The molecule has 1 heterocycles. The standard InChI is InChI=1S/C24H25ClN2O5S/c1-5-21(28)32-24(2,3)15-31-19-11-8-17(14-20(19)30-4)27-13-12-26-22(23(27)29)33-18-9-6-16(25)7-10-18/h6-14H,5,15H2,1-4H3. The van der Waals surface area contributed by atoms with Gasteiger partial charge in [0.1, 0.15) is 12.2 Å². The van der Waals surface area contributed by atoms with Gasteiger partial charge in [0, 0.05) is 34.8 Å². The summed E-state index contributed by atoms with van der Waals surface area (Å²) < 4.78 is 18.2. The number of carbonyl (C=O) groups excluding carboxylic acids is 1. The molecule has 0 N–H and O–H groups in total. The van der Waals surface area contributed by atoms with Crippen LogP contribution < -0.4 is 15.0 Å². The second kappa shape index (κ2) is 10.8. The van der Waals surface area contributed by atoms with Gasteiger partial charge in [-0.05, 0) is 50.2 Å². The first-order valence-electron chi connectivity index (χ1n) is 10.3. The lowest BCUT2D eigenvalue weighted by Crippen LogP contribution is -2.34. The van der Waals surface area contributed by atoms with Crippen LogP contribution in [0.1, 0.15) is 27.2 Å². The van der Waals surface area contributed by atoms with Crippen LogP contribution >= 0.6 is 23.4 Å². The number of benzene rings is 2. The van der Waals surface area contributed by atoms with Crippen molar-refractivity contribution in [2.75, 3.05) is 13.7 Å². The third-order valence-corrected chi connectivity index (χ3v) is 5.75. The van der Waals surface area contributed by atoms with Crippen molar-refractivity contribution < 1.29 is 19.0 Å². The van der Waals surface area contributed by atoms with Gasteiger partial charge in [-0.25, -0.2) is 4.98 Å². The van der Waals surface area contributed by atoms with Crippen molar-refractivity contribution in [3.63, 3.8) is 0 Å². The number of hydrogen-bond donors (Lipinski definition) is 0. The summed E-state index contributed by atoms with van der Waals surface area (Å²) in [5, 5.41) is 0.956. The molecule has 0 unspecified atom stereocenters. The van der Waals surface area contributed by atoms with E-state index in [9.17, 15) is 9.59 Å². The monoisotopic (exact) mass is 488 g/mol. The zero-order chi connectivity index (χ0) is 24.0. The smallest absolute Gasteiger partial charge is 0.306 e. The quantitative estimate of drug-likeness (QED) is 0.385. The zero-order valence-corrected chi connectivity index (χ0v) is 20.4. The fourth-order valence-corrected chi connectivity index (χ4v) is 3.79. The number of ether oxygens (including phenoxy) is 3. The molecule has 7 nitrogen and oxygen atoms in total. The lowest BCUT2D eigenvalue weighted by atomic mass is 10.1. The molecule has 9 heteroatoms. The van der Waals surface area contributed by atoms with Crippen LogP contribution in [0.4, 0.5) is 0 Å². The number of halogens is 1. The molecule has 33 heavy (non-hydrogen) atoms. The largest absolute Gasteiger partial charge is 0.493 e. The minimum atomic E-state index is -0.799. The first-order valence-corrected chi connectivity index (χ1v) is 11.5. The third kappa shape index (κ3) is 6.52. The first-order chi connectivity index (χ1) is 15.7. The van der Waals surface area contributed by atoms with Crippen LogP contribution in [-0.4, -0.2) is 34.8 Å². The van der Waals surface area contributed by atoms with E-state index < -0.39 is 5.60 Å². The molecule has 1 aromatic heterocycles. The average molecular weight is 489 g/mol. The molecule has 3 aromatic rings. The minimum absolute atomic E-state index is 0.144. The van der Waals surface area contributed by atoms with Crippen LogP contribution in [0.15, 0.2) is 69.6 Å². The second-order valence-corrected chi connectivity index (χ2v) is 9.17. The molecule has 0 atom stereocenters. The Labute approximate surface area is 201 Å². The maximum Gasteiger partial charge on any atom is 0.306 e. The molecule has 0 saturated carbocycles. The molecule has 0 fully saturated rings. The lowest BCUT2D eigenvalue weighted by molar-refractivity contribution is -0.158. The Morgan fingerprint density at radius 1 is 1.15 bits per heavy atom. The highest BCUT2D eigenvalue weighted by molar-refractivity contribution is 7.99. The molecule has 0 bridgehead atoms. The van der Waals surface area contributed by atoms with Crippen molar-refractivity contribution in [2.24, 2.45) is 0 Å². The van der Waals surface area contributed by atoms with E-state index in [-0.39, 0.29) is 18.1 Å². The summed E-state index contributed by atoms with van der Waals surface area (Å²) >= 11 is 7.20. The summed E-state index contributed by atoms with van der Waals surface area (Å²) in [5.74, 6) is 0.621. The van der Waals surface area contributed by atoms with Crippen LogP contribution in [0, 0.1) is 0 Å². The van der Waals surface area contributed by atoms with E-state index in [1.165, 1.54) is 23.4 Å². The number of aromatic nitrogens is 2. The van der Waals surface area contributed by atoms with Crippen LogP contribution in [0.2, 0.25) is 5.02 Å². The van der Waals surface area contributed by atoms with E-state index in [4.69, 9.17) is 25.8 Å². The topological polar surface area (TPSA) is 79.7 Å². The molecule has 0 saturated heterocycles. The number of carbonyl (C=O) groups is 1. The summed E-state index contributed by atoms with van der Waals surface area (Å²) in [6.07, 6.45) is 3.46. The van der Waals surface area contributed by atoms with Crippen LogP contribution in [-0.2, 0) is 9.53 Å². The number of methoxy groups -OCH3 is 1. The van der Waals surface area contributed by atoms with Crippen molar-refractivity contribution in [3.05, 3.63) is 70.2 Å². The summed E-state index contributed by atoms with van der Waals surface area (Å²) in [6.45, 7) is 5.43. The third-order valence-electron chi connectivity index (χ3n) is 4.52. The molecule has 3 rings (SSSR count). The van der Waals surface area contributed by atoms with Crippen molar-refractivity contribution in [2.45, 2.75) is 42.7 Å². The maximum atomic E-state index is 13.0. The summed E-state index contributed by atoms with van der Waals surface area (Å²) in [6, 6.07) is 12.4. The molecular formula is C24H25ClN2O5S. The van der Waals surface area contributed by atoms with Gasteiger partial charge in [-0.1, -0.05) is 30.3 Å². The summed E-state index contributed by atoms with van der Waals surface area (Å²) in [4.78, 5) is 29.7. The summed E-state index contributed by atoms with van der Waals surface area (Å²) in [7, 11) is 1.52. The van der Waals surface area contributed by atoms with Gasteiger partial charge in [-0.15, -0.1) is 0 Å². The van der Waals surface area contributed by atoms with Crippen molar-refractivity contribution >= 4 is 29.3 Å². The van der Waals surface area contributed by atoms with E-state index in [2.05, 4.69) is 4.98 Å². The molecule has 0 amide bonds. The Morgan fingerprint density at radius 2 is 1.88 bits per heavy atom. The Morgan fingerprint density at radius 3 is 2.55 bits per heavy atom. The van der Waals surface area contributed by atoms with Crippen molar-refractivity contribution in [1.82, 2.24) is 9.55 Å². The molecule has 0 radical (unpaired) electrons. The van der Waals surface area contributed by atoms with Crippen molar-refractivity contribution in [3.8, 4) is 17.2 Å². The van der Waals surface area contributed by atoms with Crippen LogP contribution in [0.25, 0.3) is 5.69 Å². The molecule has 0 spiro atoms. The molecular weight excluding hydrogens is 464 g/mol. The second-order valence-electron chi connectivity index (χ2n) is 7.67. The fraction of sp³-hybridized carbons (Fsp3) is 0.292. The summed E-state index contributed by atoms with van der Waals surface area (Å²) in [5.41, 5.74) is -0.464. The number of hydrogen-bond acceptors (Lipinski definition) is 7. The van der Waals surface area contributed by atoms with E-state index in [0.29, 0.717) is 33.7 Å². The predicted octanol–water partition coefficient (Wildman–Crippen LogP) is 5.16. The van der Waals surface area contributed by atoms with E-state index in [1.807, 2.05) is 12.1 Å². The Balaban J connectivity index is 1.82. The van der Waals surface area contributed by atoms with E-state index >= 15 is 0 Å². The van der Waals surface area contributed by atoms with Gasteiger partial charge in [0.2, 0.25) is 0 Å². The highest BCUT2D eigenvalue weighted by atomic mass is 35.5. The molecule has 2 aromatic carbocycles. The van der Waals surface area contributed by atoms with Gasteiger partial charge in [0.15, 0.2) is 16.5 Å². The SMILES string of the molecule is CCC(=O)OC(C)(C)COc1ccc(-n2ccnc(Sc3ccc(Cl)cc3)c2=O)cc1OC. The van der Waals surface area contributed by atoms with Gasteiger partial charge in [-0.2, -0.15) is 0 Å². The zero-order valence-electron chi connectivity index (χ0n) is 18.8. The first kappa shape index (κ1) is 24.7. The maximum absolute atomic E-state index is 13.0. The Bertz CT molecular complexity index is 1180. The van der Waals surface area contributed by atoms with Gasteiger partial charge in [-0.3, -0.25) is 14.2 Å². The van der Waals surface area contributed by atoms with Gasteiger partial charge in [0.05, 0.1) is 12.8 Å². The number of esters is 1. The normalized spacial score (nSPS) is 11.2. The van der Waals surface area contributed by atoms with Crippen LogP contribution in [0.5, 0.6) is 11.5 Å². The lowest BCUT2D eigenvalue weighted by Gasteiger charge is -2.25. The van der Waals surface area contributed by atoms with Gasteiger partial charge in [0.25, 0.3) is 5.56 Å². The molecule has 0 aliphatic rings. The Kier molecular flexibility index (Phi) is 8.05. The van der Waals surface area contributed by atoms with E-state index in [0.717, 1.165) is 4.90 Å². The molecule has 174 valence electrons. The minimum Gasteiger partial charge on any atom is -0.493 e. The highest BCUT2D eigenvalue weighted by Gasteiger charge is 2.24. The van der Waals surface area contributed by atoms with Crippen molar-refractivity contribution in [1.29, 1.82) is 0 Å². The van der Waals surface area contributed by atoms with Gasteiger partial charge < -0.3 is 14.2 Å². The average Bonchev–Trinajstić information content (AvgIpc) is 2.80. The highest BCUT2D eigenvalue weighted by Crippen LogP contribution is 2.31. The van der Waals surface area contributed by atoms with Gasteiger partial charge >= 0.3 is 5.97 Å². The molecule has 0 aliphatic heterocycles. The molecule has 0 aliphatic carbocycles. The predicted molar refractivity (Wildman–Crippen MR) is 128 cm³/mol. The Hall–Kier alpha value is -2.97. The number of rotatable bonds is 9. The van der Waals surface area contributed by atoms with E-state index in [1.54, 1.807) is 63.5 Å². The fourth-order valence-electron chi connectivity index (χ4n) is 2.87.